The number of hydrogen-bond acceptors (Lipinski definition) is 6. The summed E-state index contributed by atoms with van der Waals surface area (Å²) in [6.45, 7) is 3.45. The second-order valence-electron chi connectivity index (χ2n) is 6.65. The molecular formula is C19H20N4O4S2. The second-order valence-corrected chi connectivity index (χ2v) is 9.58. The van der Waals surface area contributed by atoms with Crippen molar-refractivity contribution in [1.82, 2.24) is 18.8 Å². The van der Waals surface area contributed by atoms with Gasteiger partial charge in [-0.15, -0.1) is 0 Å². The summed E-state index contributed by atoms with van der Waals surface area (Å²) in [7, 11) is -3.70. The van der Waals surface area contributed by atoms with Crippen LogP contribution >= 0.6 is 11.3 Å². The lowest BCUT2D eigenvalue weighted by Gasteiger charge is -2.33. The lowest BCUT2D eigenvalue weighted by atomic mass is 10.3. The fraction of sp³-hybridized carbons (Fsp3) is 0.316. The average Bonchev–Trinajstić information content (AvgIpc) is 3.08. The molecule has 1 amide bonds. The van der Waals surface area contributed by atoms with Gasteiger partial charge in [-0.05, 0) is 37.3 Å². The number of nitrogens with zero attached hydrogens (tertiary/aromatic N) is 4. The summed E-state index contributed by atoms with van der Waals surface area (Å²) in [5.74, 6) is -0.199. The molecule has 1 fully saturated rings. The molecule has 4 rings (SSSR count). The van der Waals surface area contributed by atoms with E-state index >= 15 is 0 Å². The van der Waals surface area contributed by atoms with Crippen LogP contribution in [0.2, 0.25) is 0 Å². The molecule has 0 aliphatic carbocycles. The zero-order chi connectivity index (χ0) is 20.6. The highest BCUT2D eigenvalue weighted by Crippen LogP contribution is 2.25. The number of fused-ring (bicyclic) bond motifs is 1. The predicted octanol–water partition coefficient (Wildman–Crippen LogP) is 1.62. The molecule has 0 N–H and O–H groups in total. The van der Waals surface area contributed by atoms with Gasteiger partial charge >= 0.3 is 4.87 Å². The number of hydrogen-bond donors (Lipinski definition) is 0. The first-order chi connectivity index (χ1) is 13.9. The molecule has 1 saturated heterocycles. The third-order valence-corrected chi connectivity index (χ3v) is 7.84. The van der Waals surface area contributed by atoms with Crippen molar-refractivity contribution >= 4 is 37.5 Å². The van der Waals surface area contributed by atoms with Crippen molar-refractivity contribution in [2.45, 2.75) is 18.4 Å². The Morgan fingerprint density at radius 3 is 2.55 bits per heavy atom. The van der Waals surface area contributed by atoms with Crippen LogP contribution in [0.15, 0.2) is 52.3 Å². The number of sulfonamides is 1. The van der Waals surface area contributed by atoms with E-state index in [2.05, 4.69) is 4.98 Å². The van der Waals surface area contributed by atoms with Crippen molar-refractivity contribution in [2.24, 2.45) is 0 Å². The molecule has 0 spiro atoms. The molecule has 0 bridgehead atoms. The molecule has 0 saturated carbocycles. The Balaban J connectivity index is 1.52. The van der Waals surface area contributed by atoms with E-state index in [0.717, 1.165) is 16.9 Å². The molecule has 29 heavy (non-hydrogen) atoms. The number of pyridine rings is 1. The molecule has 0 unspecified atom stereocenters. The van der Waals surface area contributed by atoms with Crippen LogP contribution in [0.3, 0.4) is 0 Å². The van der Waals surface area contributed by atoms with Crippen LogP contribution in [-0.4, -0.2) is 59.3 Å². The maximum atomic E-state index is 13.1. The van der Waals surface area contributed by atoms with Gasteiger partial charge in [0.1, 0.15) is 5.69 Å². The molecule has 0 atom stereocenters. The molecule has 2 aromatic heterocycles. The monoisotopic (exact) mass is 432 g/mol. The van der Waals surface area contributed by atoms with E-state index in [9.17, 15) is 18.0 Å². The SMILES string of the molecule is CCn1c(=O)sc2cc(S(=O)(=O)N3CCN(C(=O)c4ccccn4)CC3)ccc21. The molecule has 3 heterocycles. The van der Waals surface area contributed by atoms with Gasteiger partial charge < -0.3 is 4.90 Å². The highest BCUT2D eigenvalue weighted by atomic mass is 32.2. The first-order valence-electron chi connectivity index (χ1n) is 9.25. The summed E-state index contributed by atoms with van der Waals surface area (Å²) in [4.78, 5) is 30.3. The van der Waals surface area contributed by atoms with E-state index in [1.807, 2.05) is 6.92 Å². The smallest absolute Gasteiger partial charge is 0.308 e. The van der Waals surface area contributed by atoms with Crippen LogP contribution in [0, 0.1) is 0 Å². The normalized spacial score (nSPS) is 15.7. The highest BCUT2D eigenvalue weighted by molar-refractivity contribution is 7.89. The van der Waals surface area contributed by atoms with Gasteiger partial charge in [0.25, 0.3) is 5.91 Å². The lowest BCUT2D eigenvalue weighted by Crippen LogP contribution is -2.50. The van der Waals surface area contributed by atoms with Gasteiger partial charge in [0.05, 0.1) is 15.1 Å². The quantitative estimate of drug-likeness (QED) is 0.625. The van der Waals surface area contributed by atoms with Crippen LogP contribution < -0.4 is 4.87 Å². The third kappa shape index (κ3) is 3.59. The molecular weight excluding hydrogens is 412 g/mol. The standard InChI is InChI=1S/C19H20N4O4S2/c1-2-23-16-7-6-14(13-17(16)28-19(23)25)29(26,27)22-11-9-21(10-12-22)18(24)15-5-3-4-8-20-15/h3-8,13H,2,9-12H2,1H3. The number of rotatable bonds is 4. The number of benzene rings is 1. The van der Waals surface area contributed by atoms with Gasteiger partial charge in [0.15, 0.2) is 0 Å². The first-order valence-corrected chi connectivity index (χ1v) is 11.5. The Bertz CT molecular complexity index is 1210. The highest BCUT2D eigenvalue weighted by Gasteiger charge is 2.31. The minimum absolute atomic E-state index is 0.0984. The molecule has 10 heteroatoms. The molecule has 1 aromatic carbocycles. The van der Waals surface area contributed by atoms with Crippen molar-refractivity contribution in [2.75, 3.05) is 26.2 Å². The van der Waals surface area contributed by atoms with Crippen molar-refractivity contribution in [3.63, 3.8) is 0 Å². The van der Waals surface area contributed by atoms with Gasteiger partial charge in [-0.2, -0.15) is 4.31 Å². The van der Waals surface area contributed by atoms with Crippen LogP contribution in [0.5, 0.6) is 0 Å². The first kappa shape index (κ1) is 19.7. The Morgan fingerprint density at radius 1 is 1.14 bits per heavy atom. The van der Waals surface area contributed by atoms with Crippen LogP contribution in [0.4, 0.5) is 0 Å². The topological polar surface area (TPSA) is 92.6 Å². The molecule has 1 aliphatic heterocycles. The number of amides is 1. The van der Waals surface area contributed by atoms with Gasteiger partial charge in [-0.3, -0.25) is 19.1 Å². The van der Waals surface area contributed by atoms with Crippen molar-refractivity contribution in [3.8, 4) is 0 Å². The van der Waals surface area contributed by atoms with E-state index in [4.69, 9.17) is 0 Å². The summed E-state index contributed by atoms with van der Waals surface area (Å²) < 4.78 is 29.8. The Kier molecular flexibility index (Phi) is 5.24. The lowest BCUT2D eigenvalue weighted by molar-refractivity contribution is 0.0692. The fourth-order valence-corrected chi connectivity index (χ4v) is 5.96. The minimum Gasteiger partial charge on any atom is -0.335 e. The summed E-state index contributed by atoms with van der Waals surface area (Å²) in [5, 5.41) is 0. The van der Waals surface area contributed by atoms with E-state index in [1.54, 1.807) is 52.1 Å². The van der Waals surface area contributed by atoms with E-state index in [-0.39, 0.29) is 28.8 Å². The summed E-state index contributed by atoms with van der Waals surface area (Å²) >= 11 is 1.05. The number of thiazole rings is 1. The number of carbonyl (C=O) groups is 1. The van der Waals surface area contributed by atoms with Gasteiger partial charge in [-0.25, -0.2) is 8.42 Å². The van der Waals surface area contributed by atoms with E-state index < -0.39 is 10.0 Å². The number of aromatic nitrogens is 2. The molecule has 3 aromatic rings. The van der Waals surface area contributed by atoms with Crippen LogP contribution in [-0.2, 0) is 16.6 Å². The minimum atomic E-state index is -3.70. The van der Waals surface area contributed by atoms with E-state index in [0.29, 0.717) is 30.0 Å². The van der Waals surface area contributed by atoms with Crippen LogP contribution in [0.1, 0.15) is 17.4 Å². The van der Waals surface area contributed by atoms with Gasteiger partial charge in [0, 0.05) is 38.9 Å². The Labute approximate surface area is 172 Å². The molecule has 8 nitrogen and oxygen atoms in total. The zero-order valence-electron chi connectivity index (χ0n) is 15.8. The Morgan fingerprint density at radius 2 is 1.90 bits per heavy atom. The fourth-order valence-electron chi connectivity index (χ4n) is 3.44. The largest absolute Gasteiger partial charge is 0.335 e. The van der Waals surface area contributed by atoms with Gasteiger partial charge in [0.2, 0.25) is 10.0 Å². The zero-order valence-corrected chi connectivity index (χ0v) is 17.4. The Hall–Kier alpha value is -2.56. The van der Waals surface area contributed by atoms with E-state index in [1.165, 1.54) is 4.31 Å². The van der Waals surface area contributed by atoms with Crippen molar-refractivity contribution < 1.29 is 13.2 Å². The molecule has 0 radical (unpaired) electrons. The van der Waals surface area contributed by atoms with Gasteiger partial charge in [-0.1, -0.05) is 17.4 Å². The summed E-state index contributed by atoms with van der Waals surface area (Å²) in [6, 6.07) is 9.93. The molecule has 1 aliphatic rings. The number of carbonyl (C=O) groups excluding carboxylic acids is 1. The summed E-state index contributed by atoms with van der Waals surface area (Å²) in [5.41, 5.74) is 1.09. The molecule has 152 valence electrons. The maximum absolute atomic E-state index is 13.1. The van der Waals surface area contributed by atoms with Crippen molar-refractivity contribution in [1.29, 1.82) is 0 Å². The third-order valence-electron chi connectivity index (χ3n) is 5.00. The number of aryl methyl sites for hydroxylation is 1. The van der Waals surface area contributed by atoms with Crippen molar-refractivity contribution in [3.05, 3.63) is 58.0 Å². The average molecular weight is 433 g/mol. The summed E-state index contributed by atoms with van der Waals surface area (Å²) in [6.07, 6.45) is 1.56. The van der Waals surface area contributed by atoms with Crippen LogP contribution in [0.25, 0.3) is 10.2 Å². The second kappa shape index (κ2) is 7.69. The maximum Gasteiger partial charge on any atom is 0.308 e. The number of piperazine rings is 1. The predicted molar refractivity (Wildman–Crippen MR) is 111 cm³/mol.